The van der Waals surface area contributed by atoms with E-state index >= 15 is 0 Å². The lowest BCUT2D eigenvalue weighted by Gasteiger charge is -2.36. The molecule has 1 aromatic heterocycles. The molecule has 3 saturated heterocycles. The minimum absolute atomic E-state index is 0.132. The normalized spacial score (nSPS) is 23.7. The highest BCUT2D eigenvalue weighted by Gasteiger charge is 2.44. The molecule has 0 spiro atoms. The number of rotatable bonds is 6. The van der Waals surface area contributed by atoms with Gasteiger partial charge in [-0.1, -0.05) is 0 Å². The summed E-state index contributed by atoms with van der Waals surface area (Å²) in [6.07, 6.45) is 2.05. The van der Waals surface area contributed by atoms with Crippen LogP contribution < -0.4 is 10.2 Å². The number of piperazine rings is 1. The molecule has 3 aliphatic rings. The van der Waals surface area contributed by atoms with Crippen molar-refractivity contribution < 1.29 is 23.9 Å². The second-order valence-electron chi connectivity index (χ2n) is 7.93. The van der Waals surface area contributed by atoms with Crippen molar-refractivity contribution >= 4 is 29.3 Å². The van der Waals surface area contributed by atoms with E-state index in [0.29, 0.717) is 32.7 Å². The molecule has 4 heterocycles. The molecule has 1 aromatic rings. The van der Waals surface area contributed by atoms with Crippen molar-refractivity contribution in [2.24, 2.45) is 0 Å². The van der Waals surface area contributed by atoms with Crippen LogP contribution in [0.2, 0.25) is 0 Å². The maximum atomic E-state index is 12.4. The highest BCUT2D eigenvalue weighted by atomic mass is 16.7. The van der Waals surface area contributed by atoms with Gasteiger partial charge in [0.05, 0.1) is 18.2 Å². The van der Waals surface area contributed by atoms with E-state index < -0.39 is 12.2 Å². The van der Waals surface area contributed by atoms with Crippen molar-refractivity contribution in [3.05, 3.63) is 18.3 Å². The van der Waals surface area contributed by atoms with Gasteiger partial charge in [0.2, 0.25) is 5.91 Å². The maximum absolute atomic E-state index is 12.4. The quantitative estimate of drug-likeness (QED) is 0.527. The Morgan fingerprint density at radius 3 is 2.81 bits per heavy atom. The van der Waals surface area contributed by atoms with Gasteiger partial charge >= 0.3 is 6.09 Å². The van der Waals surface area contributed by atoms with Crippen LogP contribution in [0.5, 0.6) is 0 Å². The van der Waals surface area contributed by atoms with Gasteiger partial charge in [0, 0.05) is 45.5 Å². The third-order valence-corrected chi connectivity index (χ3v) is 6.03. The number of nitrogens with one attached hydrogen (secondary N) is 1. The van der Waals surface area contributed by atoms with E-state index in [1.165, 1.54) is 0 Å². The van der Waals surface area contributed by atoms with Crippen LogP contribution in [0.4, 0.5) is 16.3 Å². The van der Waals surface area contributed by atoms with E-state index in [-0.39, 0.29) is 30.9 Å². The fourth-order valence-electron chi connectivity index (χ4n) is 4.51. The standard InChI is InChI=1S/C21H29N5O5/c1-2-22-15-5-3-7-23-20(15)24-9-11-25(12-10-24)21(29)31-14-30-19-16-6-4-8-26(16)18(28)13-17(19)27/h3,5,7,16,19,22H,2,4,6,8-14H2,1H3. The molecule has 0 aliphatic carbocycles. The average Bonchev–Trinajstić information content (AvgIpc) is 3.27. The lowest BCUT2D eigenvalue weighted by atomic mass is 9.97. The van der Waals surface area contributed by atoms with Crippen molar-refractivity contribution in [2.75, 3.05) is 56.3 Å². The van der Waals surface area contributed by atoms with E-state index in [9.17, 15) is 14.4 Å². The molecule has 3 fully saturated rings. The molecule has 4 rings (SSSR count). The van der Waals surface area contributed by atoms with E-state index in [2.05, 4.69) is 15.2 Å². The zero-order valence-corrected chi connectivity index (χ0v) is 17.8. The Morgan fingerprint density at radius 1 is 1.23 bits per heavy atom. The molecule has 0 bridgehead atoms. The molecule has 2 atom stereocenters. The molecule has 1 N–H and O–H groups in total. The Balaban J connectivity index is 1.24. The van der Waals surface area contributed by atoms with Crippen LogP contribution in [0, 0.1) is 0 Å². The second kappa shape index (κ2) is 9.51. The van der Waals surface area contributed by atoms with Crippen LogP contribution in [0.25, 0.3) is 0 Å². The number of aromatic nitrogens is 1. The highest BCUT2D eigenvalue weighted by molar-refractivity contribution is 6.03. The van der Waals surface area contributed by atoms with Gasteiger partial charge in [-0.3, -0.25) is 9.59 Å². The summed E-state index contributed by atoms with van der Waals surface area (Å²) in [5.74, 6) is 0.518. The first kappa shape index (κ1) is 21.4. The number of ketones is 1. The molecular weight excluding hydrogens is 402 g/mol. The molecule has 0 saturated carbocycles. The monoisotopic (exact) mass is 431 g/mol. The number of hydrogen-bond donors (Lipinski definition) is 1. The van der Waals surface area contributed by atoms with Gasteiger partial charge < -0.3 is 29.5 Å². The van der Waals surface area contributed by atoms with Crippen LogP contribution in [0.1, 0.15) is 26.2 Å². The maximum Gasteiger partial charge on any atom is 0.412 e. The number of pyridine rings is 1. The van der Waals surface area contributed by atoms with Gasteiger partial charge in [0.15, 0.2) is 18.4 Å². The van der Waals surface area contributed by atoms with Crippen LogP contribution in [0.15, 0.2) is 18.3 Å². The molecule has 0 radical (unpaired) electrons. The Labute approximate surface area is 181 Å². The molecule has 31 heavy (non-hydrogen) atoms. The topological polar surface area (TPSA) is 104 Å². The van der Waals surface area contributed by atoms with Crippen molar-refractivity contribution in [3.63, 3.8) is 0 Å². The number of Topliss-reactive ketones (excluding diaryl/α,β-unsaturated/α-hetero) is 1. The summed E-state index contributed by atoms with van der Waals surface area (Å²) in [4.78, 5) is 46.6. The van der Waals surface area contributed by atoms with Gasteiger partial charge in [0.25, 0.3) is 0 Å². The lowest BCUT2D eigenvalue weighted by Crippen LogP contribution is -2.54. The molecule has 2 unspecified atom stereocenters. The molecule has 10 heteroatoms. The minimum atomic E-state index is -0.710. The molecule has 10 nitrogen and oxygen atoms in total. The third kappa shape index (κ3) is 4.58. The summed E-state index contributed by atoms with van der Waals surface area (Å²) in [7, 11) is 0. The van der Waals surface area contributed by atoms with Crippen LogP contribution >= 0.6 is 0 Å². The molecule has 168 valence electrons. The predicted octanol–water partition coefficient (Wildman–Crippen LogP) is 1.08. The zero-order valence-electron chi connectivity index (χ0n) is 17.8. The third-order valence-electron chi connectivity index (χ3n) is 6.03. The molecule has 3 aliphatic heterocycles. The van der Waals surface area contributed by atoms with Crippen LogP contribution in [-0.4, -0.2) is 90.8 Å². The molecule has 2 amide bonds. The number of fused-ring (bicyclic) bond motifs is 1. The Hall–Kier alpha value is -2.88. The summed E-state index contributed by atoms with van der Waals surface area (Å²) in [6, 6.07) is 3.66. The number of nitrogens with zero attached hydrogens (tertiary/aromatic N) is 4. The fraction of sp³-hybridized carbons (Fsp3) is 0.619. The predicted molar refractivity (Wildman–Crippen MR) is 113 cm³/mol. The van der Waals surface area contributed by atoms with E-state index in [4.69, 9.17) is 9.47 Å². The zero-order chi connectivity index (χ0) is 21.8. The van der Waals surface area contributed by atoms with Crippen molar-refractivity contribution in [2.45, 2.75) is 38.3 Å². The number of anilines is 2. The minimum Gasteiger partial charge on any atom is -0.422 e. The van der Waals surface area contributed by atoms with E-state index in [1.807, 2.05) is 19.1 Å². The van der Waals surface area contributed by atoms with Crippen molar-refractivity contribution in [3.8, 4) is 0 Å². The Kier molecular flexibility index (Phi) is 6.55. The van der Waals surface area contributed by atoms with Crippen molar-refractivity contribution in [1.82, 2.24) is 14.8 Å². The van der Waals surface area contributed by atoms with Gasteiger partial charge in [-0.25, -0.2) is 9.78 Å². The van der Waals surface area contributed by atoms with E-state index in [0.717, 1.165) is 30.9 Å². The summed E-state index contributed by atoms with van der Waals surface area (Å²) in [5, 5.41) is 3.31. The molecule has 0 aromatic carbocycles. The first-order chi connectivity index (χ1) is 15.1. The number of carbonyl (C=O) groups is 3. The van der Waals surface area contributed by atoms with Gasteiger partial charge in [-0.15, -0.1) is 0 Å². The highest BCUT2D eigenvalue weighted by Crippen LogP contribution is 2.28. The second-order valence-corrected chi connectivity index (χ2v) is 7.93. The Morgan fingerprint density at radius 2 is 2.03 bits per heavy atom. The fourth-order valence-corrected chi connectivity index (χ4v) is 4.51. The SMILES string of the molecule is CCNc1cccnc1N1CCN(C(=O)OCOC2C(=O)CC(=O)N3CCCC23)CC1. The smallest absolute Gasteiger partial charge is 0.412 e. The lowest BCUT2D eigenvalue weighted by molar-refractivity contribution is -0.160. The number of amides is 2. The summed E-state index contributed by atoms with van der Waals surface area (Å²) in [5.41, 5.74) is 0.978. The van der Waals surface area contributed by atoms with Gasteiger partial charge in [-0.2, -0.15) is 0 Å². The van der Waals surface area contributed by atoms with Crippen LogP contribution in [0.3, 0.4) is 0 Å². The largest absolute Gasteiger partial charge is 0.422 e. The number of hydrogen-bond acceptors (Lipinski definition) is 8. The first-order valence-electron chi connectivity index (χ1n) is 10.9. The van der Waals surface area contributed by atoms with Gasteiger partial charge in [-0.05, 0) is 31.9 Å². The summed E-state index contributed by atoms with van der Waals surface area (Å²) < 4.78 is 10.9. The summed E-state index contributed by atoms with van der Waals surface area (Å²) >= 11 is 0. The number of carbonyl (C=O) groups excluding carboxylic acids is 3. The number of ether oxygens (including phenoxy) is 2. The van der Waals surface area contributed by atoms with E-state index in [1.54, 1.807) is 16.0 Å². The first-order valence-corrected chi connectivity index (χ1v) is 10.9. The molecular formula is C21H29N5O5. The average molecular weight is 431 g/mol. The summed E-state index contributed by atoms with van der Waals surface area (Å²) in [6.45, 7) is 5.52. The van der Waals surface area contributed by atoms with Crippen molar-refractivity contribution in [1.29, 1.82) is 0 Å². The Bertz CT molecular complexity index is 826. The van der Waals surface area contributed by atoms with Gasteiger partial charge in [0.1, 0.15) is 6.10 Å². The van der Waals surface area contributed by atoms with Crippen LogP contribution in [-0.2, 0) is 19.1 Å². The number of piperidine rings is 1.